The van der Waals surface area contributed by atoms with Gasteiger partial charge >= 0.3 is 0 Å². The molecule has 0 fully saturated rings. The Bertz CT molecular complexity index is 73.3. The zero-order valence-corrected chi connectivity index (χ0v) is 5.97. The van der Waals surface area contributed by atoms with Gasteiger partial charge in [0.1, 0.15) is 0 Å². The number of rotatable bonds is 5. The Hall–Kier alpha value is -0.340. The van der Waals surface area contributed by atoms with Crippen molar-refractivity contribution >= 4 is 0 Å². The lowest BCUT2D eigenvalue weighted by atomic mass is 10.3. The van der Waals surface area contributed by atoms with E-state index < -0.39 is 0 Å². The maximum Gasteiger partial charge on any atom is 0.0645 e. The monoisotopic (exact) mass is 129 g/mol. The average Bonchev–Trinajstić information content (AvgIpc) is 1.89. The van der Waals surface area contributed by atoms with Gasteiger partial charge in [-0.2, -0.15) is 0 Å². The molecule has 54 valence electrons. The Kier molecular flexibility index (Phi) is 5.57. The highest BCUT2D eigenvalue weighted by molar-refractivity contribution is 4.65. The van der Waals surface area contributed by atoms with Crippen LogP contribution in [-0.2, 0) is 4.74 Å². The number of ether oxygens (including phenoxy) is 1. The lowest BCUT2D eigenvalue weighted by molar-refractivity contribution is 0.146. The highest BCUT2D eigenvalue weighted by atomic mass is 16.5. The molecule has 0 saturated heterocycles. The van der Waals surface area contributed by atoms with E-state index in [0.29, 0.717) is 13.2 Å². The molecule has 0 radical (unpaired) electrons. The Morgan fingerprint density at radius 1 is 1.78 bits per heavy atom. The summed E-state index contributed by atoms with van der Waals surface area (Å²) in [6, 6.07) is 0.185. The highest BCUT2D eigenvalue weighted by Gasteiger charge is 1.95. The second-order valence-electron chi connectivity index (χ2n) is 1.99. The molecule has 2 nitrogen and oxygen atoms in total. The molecule has 0 rings (SSSR count). The summed E-state index contributed by atoms with van der Waals surface area (Å²) in [5, 5.41) is 0. The van der Waals surface area contributed by atoms with Crippen LogP contribution < -0.4 is 5.73 Å². The SMILES string of the molecule is C=CCOCC(N)CC. The molecule has 0 aliphatic heterocycles. The molecule has 0 aromatic carbocycles. The van der Waals surface area contributed by atoms with E-state index in [9.17, 15) is 0 Å². The second-order valence-corrected chi connectivity index (χ2v) is 1.99. The first kappa shape index (κ1) is 8.66. The number of hydrogen-bond donors (Lipinski definition) is 1. The lowest BCUT2D eigenvalue weighted by Crippen LogP contribution is -2.24. The van der Waals surface area contributed by atoms with Crippen LogP contribution in [0.4, 0.5) is 0 Å². The molecule has 0 spiro atoms. The average molecular weight is 129 g/mol. The molecule has 0 saturated carbocycles. The van der Waals surface area contributed by atoms with Crippen LogP contribution >= 0.6 is 0 Å². The summed E-state index contributed by atoms with van der Waals surface area (Å²) in [4.78, 5) is 0. The predicted molar refractivity (Wildman–Crippen MR) is 39.3 cm³/mol. The van der Waals surface area contributed by atoms with Crippen molar-refractivity contribution in [1.29, 1.82) is 0 Å². The van der Waals surface area contributed by atoms with Crippen molar-refractivity contribution in [3.05, 3.63) is 12.7 Å². The first-order chi connectivity index (χ1) is 4.31. The van der Waals surface area contributed by atoms with Gasteiger partial charge < -0.3 is 10.5 Å². The third kappa shape index (κ3) is 5.53. The maximum atomic E-state index is 5.55. The van der Waals surface area contributed by atoms with Crippen molar-refractivity contribution < 1.29 is 4.74 Å². The molecule has 2 N–H and O–H groups in total. The van der Waals surface area contributed by atoms with E-state index in [1.54, 1.807) is 6.08 Å². The zero-order valence-electron chi connectivity index (χ0n) is 5.97. The number of hydrogen-bond acceptors (Lipinski definition) is 2. The molecule has 2 heteroatoms. The van der Waals surface area contributed by atoms with Gasteiger partial charge in [0.2, 0.25) is 0 Å². The van der Waals surface area contributed by atoms with Gasteiger partial charge in [-0.15, -0.1) is 6.58 Å². The Morgan fingerprint density at radius 2 is 2.44 bits per heavy atom. The van der Waals surface area contributed by atoms with Gasteiger partial charge in [-0.25, -0.2) is 0 Å². The van der Waals surface area contributed by atoms with E-state index in [-0.39, 0.29) is 6.04 Å². The zero-order chi connectivity index (χ0) is 7.11. The first-order valence-corrected chi connectivity index (χ1v) is 3.25. The van der Waals surface area contributed by atoms with Crippen molar-refractivity contribution in [3.63, 3.8) is 0 Å². The second kappa shape index (κ2) is 5.79. The summed E-state index contributed by atoms with van der Waals surface area (Å²) in [5.41, 5.74) is 5.55. The highest BCUT2D eigenvalue weighted by Crippen LogP contribution is 1.86. The van der Waals surface area contributed by atoms with Gasteiger partial charge in [-0.3, -0.25) is 0 Å². The maximum absolute atomic E-state index is 5.55. The van der Waals surface area contributed by atoms with Gasteiger partial charge in [-0.1, -0.05) is 13.0 Å². The standard InChI is InChI=1S/C7H15NO/c1-3-5-9-6-7(8)4-2/h3,7H,1,4-6,8H2,2H3. The molecule has 1 atom stereocenters. The fraction of sp³-hybridized carbons (Fsp3) is 0.714. The van der Waals surface area contributed by atoms with Crippen molar-refractivity contribution in [2.75, 3.05) is 13.2 Å². The molecule has 9 heavy (non-hydrogen) atoms. The van der Waals surface area contributed by atoms with E-state index in [4.69, 9.17) is 10.5 Å². The minimum absolute atomic E-state index is 0.185. The van der Waals surface area contributed by atoms with Gasteiger partial charge in [0, 0.05) is 6.04 Å². The van der Waals surface area contributed by atoms with Crippen LogP contribution in [0.15, 0.2) is 12.7 Å². The number of nitrogens with two attached hydrogens (primary N) is 1. The molecule has 0 aliphatic rings. The van der Waals surface area contributed by atoms with E-state index in [2.05, 4.69) is 6.58 Å². The summed E-state index contributed by atoms with van der Waals surface area (Å²) in [5.74, 6) is 0. The fourth-order valence-electron chi connectivity index (χ4n) is 0.421. The lowest BCUT2D eigenvalue weighted by Gasteiger charge is -2.06. The fourth-order valence-corrected chi connectivity index (χ4v) is 0.421. The molecule has 1 unspecified atom stereocenters. The van der Waals surface area contributed by atoms with Crippen LogP contribution in [0.1, 0.15) is 13.3 Å². The molecule has 0 aliphatic carbocycles. The van der Waals surface area contributed by atoms with Crippen LogP contribution in [0.5, 0.6) is 0 Å². The van der Waals surface area contributed by atoms with Crippen LogP contribution in [0.3, 0.4) is 0 Å². The van der Waals surface area contributed by atoms with Crippen molar-refractivity contribution in [3.8, 4) is 0 Å². The van der Waals surface area contributed by atoms with Gasteiger partial charge in [-0.05, 0) is 6.42 Å². The molecule has 0 amide bonds. The van der Waals surface area contributed by atoms with Crippen LogP contribution in [-0.4, -0.2) is 19.3 Å². The van der Waals surface area contributed by atoms with E-state index in [1.165, 1.54) is 0 Å². The Labute approximate surface area is 56.7 Å². The molecule has 0 aromatic heterocycles. The Balaban J connectivity index is 2.96. The predicted octanol–water partition coefficient (Wildman–Crippen LogP) is 0.926. The molecule has 0 bridgehead atoms. The quantitative estimate of drug-likeness (QED) is 0.442. The molecular weight excluding hydrogens is 114 g/mol. The topological polar surface area (TPSA) is 35.2 Å². The van der Waals surface area contributed by atoms with E-state index in [0.717, 1.165) is 6.42 Å². The third-order valence-electron chi connectivity index (χ3n) is 1.09. The van der Waals surface area contributed by atoms with E-state index in [1.807, 2.05) is 6.92 Å². The Morgan fingerprint density at radius 3 is 2.89 bits per heavy atom. The molecular formula is C7H15NO. The smallest absolute Gasteiger partial charge is 0.0645 e. The van der Waals surface area contributed by atoms with Gasteiger partial charge in [0.25, 0.3) is 0 Å². The van der Waals surface area contributed by atoms with Crippen molar-refractivity contribution in [2.45, 2.75) is 19.4 Å². The third-order valence-corrected chi connectivity index (χ3v) is 1.09. The summed E-state index contributed by atoms with van der Waals surface area (Å²) in [7, 11) is 0. The van der Waals surface area contributed by atoms with E-state index >= 15 is 0 Å². The van der Waals surface area contributed by atoms with Crippen molar-refractivity contribution in [1.82, 2.24) is 0 Å². The van der Waals surface area contributed by atoms with Gasteiger partial charge in [0.05, 0.1) is 13.2 Å². The first-order valence-electron chi connectivity index (χ1n) is 3.25. The summed E-state index contributed by atoms with van der Waals surface area (Å²) >= 11 is 0. The summed E-state index contributed by atoms with van der Waals surface area (Å²) in [6.07, 6.45) is 2.69. The minimum atomic E-state index is 0.185. The molecule has 0 aromatic rings. The summed E-state index contributed by atoms with van der Waals surface area (Å²) in [6.45, 7) is 6.81. The normalized spacial score (nSPS) is 13.1. The minimum Gasteiger partial charge on any atom is -0.376 e. The molecule has 0 heterocycles. The summed E-state index contributed by atoms with van der Waals surface area (Å²) < 4.78 is 5.09. The van der Waals surface area contributed by atoms with Crippen LogP contribution in [0.25, 0.3) is 0 Å². The van der Waals surface area contributed by atoms with Crippen molar-refractivity contribution in [2.24, 2.45) is 5.73 Å². The van der Waals surface area contributed by atoms with Crippen LogP contribution in [0, 0.1) is 0 Å². The largest absolute Gasteiger partial charge is 0.376 e. The van der Waals surface area contributed by atoms with Crippen LogP contribution in [0.2, 0.25) is 0 Å². The van der Waals surface area contributed by atoms with Gasteiger partial charge in [0.15, 0.2) is 0 Å².